The molecule has 1 aromatic rings. The van der Waals surface area contributed by atoms with E-state index in [9.17, 15) is 5.11 Å². The maximum Gasteiger partial charge on any atom is 0.0960 e. The Balaban J connectivity index is 2.73. The average molecular weight is 186 g/mol. The zero-order valence-corrected chi connectivity index (χ0v) is 7.75. The Hall–Kier alpha value is -0.600. The maximum absolute atomic E-state index is 9.52. The van der Waals surface area contributed by atoms with Crippen LogP contribution in [-0.4, -0.2) is 10.1 Å². The number of hydrogen-bond acceptors (Lipinski definition) is 2. The van der Waals surface area contributed by atoms with E-state index in [1.807, 2.05) is 6.92 Å². The van der Waals surface area contributed by atoms with Gasteiger partial charge in [0.15, 0.2) is 0 Å². The fourth-order valence-corrected chi connectivity index (χ4v) is 1.19. The number of halogens is 1. The van der Waals surface area contributed by atoms with Crippen LogP contribution >= 0.6 is 11.6 Å². The Labute approximate surface area is 77.2 Å². The summed E-state index contributed by atoms with van der Waals surface area (Å²) in [5, 5.41) is 10.1. The van der Waals surface area contributed by atoms with Crippen molar-refractivity contribution >= 4 is 11.6 Å². The SMILES string of the molecule is CCC[C@@H](O)c1cc(Cl)ccn1. The van der Waals surface area contributed by atoms with Gasteiger partial charge in [0.1, 0.15) is 0 Å². The van der Waals surface area contributed by atoms with Crippen molar-refractivity contribution in [1.29, 1.82) is 0 Å². The third kappa shape index (κ3) is 2.47. The lowest BCUT2D eigenvalue weighted by Gasteiger charge is -2.07. The highest BCUT2D eigenvalue weighted by Crippen LogP contribution is 2.18. The van der Waals surface area contributed by atoms with Gasteiger partial charge in [-0.25, -0.2) is 0 Å². The lowest BCUT2D eigenvalue weighted by molar-refractivity contribution is 0.162. The third-order valence-electron chi connectivity index (χ3n) is 1.65. The first-order valence-corrected chi connectivity index (χ1v) is 4.41. The molecule has 2 nitrogen and oxygen atoms in total. The maximum atomic E-state index is 9.52. The summed E-state index contributed by atoms with van der Waals surface area (Å²) in [6.07, 6.45) is 2.80. The average Bonchev–Trinajstić information content (AvgIpc) is 2.05. The summed E-state index contributed by atoms with van der Waals surface area (Å²) >= 11 is 5.74. The number of hydrogen-bond donors (Lipinski definition) is 1. The molecule has 1 N–H and O–H groups in total. The summed E-state index contributed by atoms with van der Waals surface area (Å²) in [7, 11) is 0. The molecule has 0 fully saturated rings. The highest BCUT2D eigenvalue weighted by Gasteiger charge is 2.07. The van der Waals surface area contributed by atoms with E-state index >= 15 is 0 Å². The predicted molar refractivity (Wildman–Crippen MR) is 49.1 cm³/mol. The fourth-order valence-electron chi connectivity index (χ4n) is 1.02. The van der Waals surface area contributed by atoms with Gasteiger partial charge in [-0.3, -0.25) is 4.98 Å². The van der Waals surface area contributed by atoms with E-state index in [0.717, 1.165) is 12.8 Å². The van der Waals surface area contributed by atoms with Crippen LogP contribution in [-0.2, 0) is 0 Å². The number of aliphatic hydroxyl groups is 1. The van der Waals surface area contributed by atoms with Gasteiger partial charge in [0.05, 0.1) is 11.8 Å². The first-order valence-electron chi connectivity index (χ1n) is 4.03. The molecule has 1 atom stereocenters. The number of nitrogens with zero attached hydrogens (tertiary/aromatic N) is 1. The number of aliphatic hydroxyl groups excluding tert-OH is 1. The lowest BCUT2D eigenvalue weighted by Crippen LogP contribution is -1.98. The molecule has 0 aliphatic heterocycles. The van der Waals surface area contributed by atoms with Crippen molar-refractivity contribution in [3.05, 3.63) is 29.0 Å². The molecule has 0 saturated carbocycles. The van der Waals surface area contributed by atoms with Gasteiger partial charge in [0.25, 0.3) is 0 Å². The van der Waals surface area contributed by atoms with Crippen LogP contribution in [0, 0.1) is 0 Å². The van der Waals surface area contributed by atoms with E-state index in [4.69, 9.17) is 11.6 Å². The summed E-state index contributed by atoms with van der Waals surface area (Å²) in [4.78, 5) is 4.02. The lowest BCUT2D eigenvalue weighted by atomic mass is 10.1. The van der Waals surface area contributed by atoms with E-state index in [1.165, 1.54) is 0 Å². The van der Waals surface area contributed by atoms with E-state index in [2.05, 4.69) is 4.98 Å². The van der Waals surface area contributed by atoms with Gasteiger partial charge in [0.2, 0.25) is 0 Å². The molecule has 1 rings (SSSR count). The normalized spacial score (nSPS) is 12.9. The van der Waals surface area contributed by atoms with Crippen molar-refractivity contribution in [2.75, 3.05) is 0 Å². The number of aromatic nitrogens is 1. The van der Waals surface area contributed by atoms with Gasteiger partial charge in [-0.2, -0.15) is 0 Å². The van der Waals surface area contributed by atoms with Crippen molar-refractivity contribution in [3.8, 4) is 0 Å². The molecule has 66 valence electrons. The molecule has 0 saturated heterocycles. The highest BCUT2D eigenvalue weighted by molar-refractivity contribution is 6.30. The van der Waals surface area contributed by atoms with Gasteiger partial charge in [-0.15, -0.1) is 0 Å². The Morgan fingerprint density at radius 1 is 1.67 bits per heavy atom. The summed E-state index contributed by atoms with van der Waals surface area (Å²) < 4.78 is 0. The molecular formula is C9H12ClNO. The van der Waals surface area contributed by atoms with Gasteiger partial charge in [-0.1, -0.05) is 24.9 Å². The molecule has 0 bridgehead atoms. The largest absolute Gasteiger partial charge is 0.387 e. The van der Waals surface area contributed by atoms with Crippen molar-refractivity contribution in [2.24, 2.45) is 0 Å². The van der Waals surface area contributed by atoms with Crippen LogP contribution in [0.25, 0.3) is 0 Å². The highest BCUT2D eigenvalue weighted by atomic mass is 35.5. The second kappa shape index (κ2) is 4.43. The molecule has 1 heterocycles. The fraction of sp³-hybridized carbons (Fsp3) is 0.444. The van der Waals surface area contributed by atoms with Crippen LogP contribution in [0.3, 0.4) is 0 Å². The molecule has 3 heteroatoms. The Kier molecular flexibility index (Phi) is 3.50. The number of rotatable bonds is 3. The van der Waals surface area contributed by atoms with Crippen LogP contribution in [0.2, 0.25) is 5.02 Å². The summed E-state index contributed by atoms with van der Waals surface area (Å²) in [5.41, 5.74) is 0.657. The van der Waals surface area contributed by atoms with Gasteiger partial charge in [-0.05, 0) is 18.6 Å². The number of pyridine rings is 1. The minimum Gasteiger partial charge on any atom is -0.387 e. The van der Waals surface area contributed by atoms with Gasteiger partial charge >= 0.3 is 0 Å². The minimum absolute atomic E-state index is 0.478. The van der Waals surface area contributed by atoms with Crippen molar-refractivity contribution < 1.29 is 5.11 Å². The Bertz CT molecular complexity index is 252. The second-order valence-electron chi connectivity index (χ2n) is 2.70. The van der Waals surface area contributed by atoms with Crippen LogP contribution in [0.4, 0.5) is 0 Å². The molecule has 0 unspecified atom stereocenters. The van der Waals surface area contributed by atoms with E-state index < -0.39 is 6.10 Å². The van der Waals surface area contributed by atoms with Gasteiger partial charge in [0, 0.05) is 11.2 Å². The second-order valence-corrected chi connectivity index (χ2v) is 3.14. The Morgan fingerprint density at radius 2 is 2.42 bits per heavy atom. The molecule has 1 aromatic heterocycles. The standard InChI is InChI=1S/C9H12ClNO/c1-2-3-9(12)8-6-7(10)4-5-11-8/h4-6,9,12H,2-3H2,1H3/t9-/m1/s1. The van der Waals surface area contributed by atoms with E-state index in [0.29, 0.717) is 10.7 Å². The molecule has 12 heavy (non-hydrogen) atoms. The first-order chi connectivity index (χ1) is 5.74. The topological polar surface area (TPSA) is 33.1 Å². The molecule has 0 aromatic carbocycles. The van der Waals surface area contributed by atoms with Gasteiger partial charge < -0.3 is 5.11 Å². The third-order valence-corrected chi connectivity index (χ3v) is 1.88. The van der Waals surface area contributed by atoms with Crippen LogP contribution in [0.1, 0.15) is 31.6 Å². The molecule has 0 aliphatic carbocycles. The van der Waals surface area contributed by atoms with Crippen LogP contribution in [0.15, 0.2) is 18.3 Å². The monoisotopic (exact) mass is 185 g/mol. The predicted octanol–water partition coefficient (Wildman–Crippen LogP) is 2.57. The molecule has 0 aliphatic rings. The summed E-state index contributed by atoms with van der Waals surface area (Å²) in [6, 6.07) is 3.39. The summed E-state index contributed by atoms with van der Waals surface area (Å²) in [5.74, 6) is 0. The first kappa shape index (κ1) is 9.49. The zero-order valence-electron chi connectivity index (χ0n) is 7.00. The molecular weight excluding hydrogens is 174 g/mol. The smallest absolute Gasteiger partial charge is 0.0960 e. The molecule has 0 amide bonds. The van der Waals surface area contributed by atoms with E-state index in [1.54, 1.807) is 18.3 Å². The molecule has 0 spiro atoms. The van der Waals surface area contributed by atoms with Crippen molar-refractivity contribution in [2.45, 2.75) is 25.9 Å². The quantitative estimate of drug-likeness (QED) is 0.785. The Morgan fingerprint density at radius 3 is 3.00 bits per heavy atom. The minimum atomic E-state index is -0.478. The summed E-state index contributed by atoms with van der Waals surface area (Å²) in [6.45, 7) is 2.02. The van der Waals surface area contributed by atoms with Crippen molar-refractivity contribution in [3.63, 3.8) is 0 Å². The van der Waals surface area contributed by atoms with E-state index in [-0.39, 0.29) is 0 Å². The molecule has 0 radical (unpaired) electrons. The van der Waals surface area contributed by atoms with Crippen LogP contribution < -0.4 is 0 Å². The zero-order chi connectivity index (χ0) is 8.97. The van der Waals surface area contributed by atoms with Crippen molar-refractivity contribution in [1.82, 2.24) is 4.98 Å². The van der Waals surface area contributed by atoms with Crippen LogP contribution in [0.5, 0.6) is 0 Å².